The number of benzene rings is 1. The molecule has 24 heavy (non-hydrogen) atoms. The highest BCUT2D eigenvalue weighted by Crippen LogP contribution is 2.08. The normalized spacial score (nSPS) is 14.3. The van der Waals surface area contributed by atoms with Gasteiger partial charge in [0, 0.05) is 0 Å². The van der Waals surface area contributed by atoms with Gasteiger partial charge in [0.1, 0.15) is 12.1 Å². The Labute approximate surface area is 141 Å². The smallest absolute Gasteiger partial charge is 0.249 e. The van der Waals surface area contributed by atoms with Crippen molar-refractivity contribution in [1.82, 2.24) is 10.6 Å². The molecule has 3 atom stereocenters. The van der Waals surface area contributed by atoms with E-state index in [9.17, 15) is 14.4 Å². The van der Waals surface area contributed by atoms with Crippen molar-refractivity contribution in [2.75, 3.05) is 6.61 Å². The Bertz CT molecular complexity index is 562. The topological polar surface area (TPSA) is 122 Å². The third kappa shape index (κ3) is 6.10. The molecule has 0 saturated carbocycles. The van der Waals surface area contributed by atoms with Crippen LogP contribution in [0.1, 0.15) is 25.8 Å². The lowest BCUT2D eigenvalue weighted by atomic mass is 9.97. The first-order chi connectivity index (χ1) is 11.4. The average Bonchev–Trinajstić information content (AvgIpc) is 2.58. The highest BCUT2D eigenvalue weighted by Gasteiger charge is 2.28. The number of nitrogens with one attached hydrogen (secondary N) is 2. The highest BCUT2D eigenvalue weighted by molar-refractivity contribution is 6.00. The zero-order chi connectivity index (χ0) is 18.1. The monoisotopic (exact) mass is 335 g/mol. The largest absolute Gasteiger partial charge is 0.394 e. The Morgan fingerprint density at radius 1 is 1.17 bits per heavy atom. The quantitative estimate of drug-likeness (QED) is 0.521. The van der Waals surface area contributed by atoms with Crippen molar-refractivity contribution in [3.05, 3.63) is 35.9 Å². The molecular weight excluding hydrogens is 310 g/mol. The molecule has 1 aromatic rings. The zero-order valence-electron chi connectivity index (χ0n) is 14.0. The second-order valence-electron chi connectivity index (χ2n) is 5.74. The number of carbonyl (C=O) groups excluding carboxylic acids is 3. The molecule has 0 aliphatic heterocycles. The summed E-state index contributed by atoms with van der Waals surface area (Å²) in [6, 6.07) is 7.04. The summed E-state index contributed by atoms with van der Waals surface area (Å²) in [5.41, 5.74) is 6.24. The molecule has 0 saturated heterocycles. The summed E-state index contributed by atoms with van der Waals surface area (Å²) in [5.74, 6) is -1.85. The Hall–Kier alpha value is -2.25. The lowest BCUT2D eigenvalue weighted by Gasteiger charge is -2.24. The highest BCUT2D eigenvalue weighted by atomic mass is 16.3. The standard InChI is InChI=1S/C17H25N3O4/c1-3-11(2)15(20-16(23)13(18)10-21)17(24)19-14(22)9-12-7-5-4-6-8-12/h4-8,11,13,15,21H,3,9-10,18H2,1-2H3,(H,20,23)(H,19,22,24)/t11-,13-,15-/m0/s1. The summed E-state index contributed by atoms with van der Waals surface area (Å²) in [6.07, 6.45) is 0.698. The van der Waals surface area contributed by atoms with Crippen LogP contribution in [0.3, 0.4) is 0 Å². The van der Waals surface area contributed by atoms with Crippen molar-refractivity contribution in [3.8, 4) is 0 Å². The third-order valence-corrected chi connectivity index (χ3v) is 3.80. The molecule has 3 amide bonds. The van der Waals surface area contributed by atoms with E-state index in [0.29, 0.717) is 6.42 Å². The van der Waals surface area contributed by atoms with Gasteiger partial charge in [-0.2, -0.15) is 0 Å². The summed E-state index contributed by atoms with van der Waals surface area (Å²) in [4.78, 5) is 36.2. The van der Waals surface area contributed by atoms with Crippen molar-refractivity contribution in [3.63, 3.8) is 0 Å². The van der Waals surface area contributed by atoms with E-state index in [2.05, 4.69) is 10.6 Å². The van der Waals surface area contributed by atoms with Crippen LogP contribution in [0.4, 0.5) is 0 Å². The van der Waals surface area contributed by atoms with Gasteiger partial charge in [-0.25, -0.2) is 0 Å². The zero-order valence-corrected chi connectivity index (χ0v) is 14.0. The summed E-state index contributed by atoms with van der Waals surface area (Å²) in [6.45, 7) is 3.14. The first-order valence-electron chi connectivity index (χ1n) is 7.93. The molecule has 0 bridgehead atoms. The third-order valence-electron chi connectivity index (χ3n) is 3.80. The lowest BCUT2D eigenvalue weighted by Crippen LogP contribution is -2.55. The number of aliphatic hydroxyl groups is 1. The van der Waals surface area contributed by atoms with Crippen LogP contribution in [0.5, 0.6) is 0 Å². The molecule has 0 aliphatic rings. The van der Waals surface area contributed by atoms with E-state index in [1.54, 1.807) is 19.1 Å². The van der Waals surface area contributed by atoms with Crippen LogP contribution < -0.4 is 16.4 Å². The molecule has 0 heterocycles. The van der Waals surface area contributed by atoms with Gasteiger partial charge in [0.2, 0.25) is 17.7 Å². The van der Waals surface area contributed by atoms with Gasteiger partial charge in [0.15, 0.2) is 0 Å². The first kappa shape index (κ1) is 19.8. The minimum absolute atomic E-state index is 0.0733. The van der Waals surface area contributed by atoms with Crippen LogP contribution in [-0.2, 0) is 20.8 Å². The van der Waals surface area contributed by atoms with E-state index < -0.39 is 36.4 Å². The molecule has 7 heteroatoms. The number of amides is 3. The fraction of sp³-hybridized carbons (Fsp3) is 0.471. The summed E-state index contributed by atoms with van der Waals surface area (Å²) < 4.78 is 0. The summed E-state index contributed by atoms with van der Waals surface area (Å²) in [7, 11) is 0. The number of carbonyl (C=O) groups is 3. The molecule has 5 N–H and O–H groups in total. The van der Waals surface area contributed by atoms with Gasteiger partial charge in [-0.05, 0) is 11.5 Å². The van der Waals surface area contributed by atoms with Crippen LogP contribution in [0.15, 0.2) is 30.3 Å². The van der Waals surface area contributed by atoms with Crippen molar-refractivity contribution < 1.29 is 19.5 Å². The van der Waals surface area contributed by atoms with E-state index in [0.717, 1.165) is 5.56 Å². The summed E-state index contributed by atoms with van der Waals surface area (Å²) >= 11 is 0. The van der Waals surface area contributed by atoms with Gasteiger partial charge in [-0.3, -0.25) is 19.7 Å². The van der Waals surface area contributed by atoms with E-state index in [-0.39, 0.29) is 12.3 Å². The number of nitrogens with two attached hydrogens (primary N) is 1. The van der Waals surface area contributed by atoms with E-state index in [1.165, 1.54) is 0 Å². The number of imide groups is 1. The van der Waals surface area contributed by atoms with Crippen molar-refractivity contribution in [1.29, 1.82) is 0 Å². The predicted molar refractivity (Wildman–Crippen MR) is 89.7 cm³/mol. The molecule has 0 aliphatic carbocycles. The Kier molecular flexibility index (Phi) is 8.08. The minimum atomic E-state index is -1.11. The van der Waals surface area contributed by atoms with Gasteiger partial charge in [0.25, 0.3) is 0 Å². The molecule has 0 unspecified atom stereocenters. The maximum Gasteiger partial charge on any atom is 0.249 e. The second-order valence-corrected chi connectivity index (χ2v) is 5.74. The van der Waals surface area contributed by atoms with E-state index in [1.807, 2.05) is 25.1 Å². The SMILES string of the molecule is CC[C@H](C)[C@H](NC(=O)[C@@H](N)CO)C(=O)NC(=O)Cc1ccccc1. The molecule has 0 aromatic heterocycles. The van der Waals surface area contributed by atoms with Crippen LogP contribution in [0.25, 0.3) is 0 Å². The number of hydrogen-bond donors (Lipinski definition) is 4. The van der Waals surface area contributed by atoms with Gasteiger partial charge >= 0.3 is 0 Å². The molecule has 132 valence electrons. The first-order valence-corrected chi connectivity index (χ1v) is 7.93. The van der Waals surface area contributed by atoms with Gasteiger partial charge in [-0.15, -0.1) is 0 Å². The van der Waals surface area contributed by atoms with E-state index in [4.69, 9.17) is 10.8 Å². The molecule has 1 aromatic carbocycles. The molecule has 0 fully saturated rings. The van der Waals surface area contributed by atoms with Crippen LogP contribution >= 0.6 is 0 Å². The maximum atomic E-state index is 12.3. The molecule has 0 radical (unpaired) electrons. The second kappa shape index (κ2) is 9.79. The van der Waals surface area contributed by atoms with Crippen LogP contribution in [-0.4, -0.2) is 41.5 Å². The molecular formula is C17H25N3O4. The van der Waals surface area contributed by atoms with Crippen molar-refractivity contribution in [2.45, 2.75) is 38.8 Å². The summed E-state index contributed by atoms with van der Waals surface area (Å²) in [5, 5.41) is 13.7. The van der Waals surface area contributed by atoms with Crippen LogP contribution in [0, 0.1) is 5.92 Å². The van der Waals surface area contributed by atoms with Crippen molar-refractivity contribution in [2.24, 2.45) is 11.7 Å². The Morgan fingerprint density at radius 3 is 2.33 bits per heavy atom. The fourth-order valence-electron chi connectivity index (χ4n) is 2.09. The van der Waals surface area contributed by atoms with Gasteiger partial charge < -0.3 is 16.2 Å². The predicted octanol–water partition coefficient (Wildman–Crippen LogP) is -0.278. The molecule has 0 spiro atoms. The van der Waals surface area contributed by atoms with E-state index >= 15 is 0 Å². The molecule has 7 nitrogen and oxygen atoms in total. The number of aliphatic hydroxyl groups excluding tert-OH is 1. The fourth-order valence-corrected chi connectivity index (χ4v) is 2.09. The Balaban J connectivity index is 2.70. The number of rotatable bonds is 8. The van der Waals surface area contributed by atoms with Gasteiger partial charge in [-0.1, -0.05) is 50.6 Å². The minimum Gasteiger partial charge on any atom is -0.394 e. The Morgan fingerprint density at radius 2 is 1.79 bits per heavy atom. The lowest BCUT2D eigenvalue weighted by molar-refractivity contribution is -0.135. The number of hydrogen-bond acceptors (Lipinski definition) is 5. The maximum absolute atomic E-state index is 12.3. The van der Waals surface area contributed by atoms with Crippen LogP contribution in [0.2, 0.25) is 0 Å². The average molecular weight is 335 g/mol. The van der Waals surface area contributed by atoms with Crippen molar-refractivity contribution >= 4 is 17.7 Å². The molecule has 1 rings (SSSR count). The van der Waals surface area contributed by atoms with Gasteiger partial charge in [0.05, 0.1) is 13.0 Å².